The summed E-state index contributed by atoms with van der Waals surface area (Å²) in [5.74, 6) is 0.0375. The van der Waals surface area contributed by atoms with Gasteiger partial charge in [-0.2, -0.15) is 5.10 Å². The highest BCUT2D eigenvalue weighted by molar-refractivity contribution is 5.90. The minimum absolute atomic E-state index is 0.261. The van der Waals surface area contributed by atoms with Crippen molar-refractivity contribution < 1.29 is 4.79 Å². The molecule has 106 valence electrons. The molecule has 0 unspecified atom stereocenters. The van der Waals surface area contributed by atoms with E-state index in [1.807, 2.05) is 24.3 Å². The van der Waals surface area contributed by atoms with E-state index in [-0.39, 0.29) is 5.69 Å². The number of hydrogen-bond donors (Lipinski definition) is 2. The van der Waals surface area contributed by atoms with Gasteiger partial charge in [0.15, 0.2) is 0 Å². The number of aromatic nitrogens is 4. The van der Waals surface area contributed by atoms with Crippen LogP contribution in [0.4, 0.5) is 5.95 Å². The summed E-state index contributed by atoms with van der Waals surface area (Å²) in [5, 5.41) is 8.18. The Labute approximate surface area is 120 Å². The minimum atomic E-state index is -0.528. The van der Waals surface area contributed by atoms with Crippen LogP contribution in [-0.2, 0) is 6.54 Å². The average molecular weight is 282 g/mol. The molecule has 0 aliphatic heterocycles. The molecule has 0 spiro atoms. The third kappa shape index (κ3) is 2.97. The summed E-state index contributed by atoms with van der Waals surface area (Å²) in [4.78, 5) is 19.6. The van der Waals surface area contributed by atoms with Crippen molar-refractivity contribution in [3.63, 3.8) is 0 Å². The molecule has 7 heteroatoms. The van der Waals surface area contributed by atoms with Crippen LogP contribution in [0, 0.1) is 0 Å². The number of nitrogens with two attached hydrogens (primary N) is 1. The van der Waals surface area contributed by atoms with E-state index in [0.717, 1.165) is 10.9 Å². The standard InChI is InChI=1S/C14H14N6O/c15-13(21)12-5-7-20(19-12)8-6-16-14-17-9-10-3-1-2-4-11(10)18-14/h1-5,7,9H,6,8H2,(H2,15,21)(H,16,17,18). The molecule has 1 amide bonds. The first-order valence-electron chi connectivity index (χ1n) is 6.51. The maximum absolute atomic E-state index is 10.9. The zero-order valence-electron chi connectivity index (χ0n) is 11.2. The Morgan fingerprint density at radius 3 is 2.95 bits per heavy atom. The predicted molar refractivity (Wildman–Crippen MR) is 78.8 cm³/mol. The lowest BCUT2D eigenvalue weighted by Gasteiger charge is -2.05. The van der Waals surface area contributed by atoms with Crippen LogP contribution < -0.4 is 11.1 Å². The van der Waals surface area contributed by atoms with Gasteiger partial charge >= 0.3 is 0 Å². The molecule has 1 aromatic carbocycles. The molecule has 0 fully saturated rings. The van der Waals surface area contributed by atoms with Gasteiger partial charge in [0.25, 0.3) is 5.91 Å². The maximum Gasteiger partial charge on any atom is 0.269 e. The topological polar surface area (TPSA) is 98.7 Å². The molecule has 0 atom stereocenters. The number of carbonyl (C=O) groups excluding carboxylic acids is 1. The zero-order valence-corrected chi connectivity index (χ0v) is 11.2. The van der Waals surface area contributed by atoms with Crippen molar-refractivity contribution in [3.05, 3.63) is 48.4 Å². The molecule has 0 aliphatic carbocycles. The van der Waals surface area contributed by atoms with E-state index in [1.165, 1.54) is 0 Å². The number of nitrogens with one attached hydrogen (secondary N) is 1. The predicted octanol–water partition coefficient (Wildman–Crippen LogP) is 1.04. The molecule has 3 rings (SSSR count). The fourth-order valence-corrected chi connectivity index (χ4v) is 1.96. The van der Waals surface area contributed by atoms with Crippen molar-refractivity contribution in [3.8, 4) is 0 Å². The van der Waals surface area contributed by atoms with Crippen LogP contribution in [0.25, 0.3) is 10.9 Å². The van der Waals surface area contributed by atoms with Crippen LogP contribution in [0.2, 0.25) is 0 Å². The smallest absolute Gasteiger partial charge is 0.269 e. The highest BCUT2D eigenvalue weighted by atomic mass is 16.1. The molecule has 0 bridgehead atoms. The largest absolute Gasteiger partial charge is 0.364 e. The van der Waals surface area contributed by atoms with Crippen molar-refractivity contribution in [1.29, 1.82) is 0 Å². The fraction of sp³-hybridized carbons (Fsp3) is 0.143. The second-order valence-corrected chi connectivity index (χ2v) is 4.51. The molecule has 7 nitrogen and oxygen atoms in total. The molecular weight excluding hydrogens is 268 g/mol. The Balaban J connectivity index is 1.62. The first-order chi connectivity index (χ1) is 10.2. The van der Waals surface area contributed by atoms with Crippen molar-refractivity contribution in [2.75, 3.05) is 11.9 Å². The summed E-state index contributed by atoms with van der Waals surface area (Å²) in [6, 6.07) is 9.39. The highest BCUT2D eigenvalue weighted by Crippen LogP contribution is 2.11. The summed E-state index contributed by atoms with van der Waals surface area (Å²) in [6.45, 7) is 1.18. The summed E-state index contributed by atoms with van der Waals surface area (Å²) in [5.41, 5.74) is 6.30. The van der Waals surface area contributed by atoms with Gasteiger partial charge in [-0.15, -0.1) is 0 Å². The lowest BCUT2D eigenvalue weighted by Crippen LogP contribution is -2.15. The van der Waals surface area contributed by atoms with E-state index in [0.29, 0.717) is 19.0 Å². The number of carbonyl (C=O) groups is 1. The highest BCUT2D eigenvalue weighted by Gasteiger charge is 2.04. The van der Waals surface area contributed by atoms with Gasteiger partial charge in [0, 0.05) is 24.3 Å². The van der Waals surface area contributed by atoms with Crippen LogP contribution in [0.3, 0.4) is 0 Å². The monoisotopic (exact) mass is 282 g/mol. The third-order valence-corrected chi connectivity index (χ3v) is 3.01. The van der Waals surface area contributed by atoms with Crippen LogP contribution in [-0.4, -0.2) is 32.2 Å². The van der Waals surface area contributed by atoms with Crippen molar-refractivity contribution in [2.24, 2.45) is 5.73 Å². The molecule has 0 saturated heterocycles. The quantitative estimate of drug-likeness (QED) is 0.728. The Hall–Kier alpha value is -2.96. The first-order valence-corrected chi connectivity index (χ1v) is 6.51. The number of hydrogen-bond acceptors (Lipinski definition) is 5. The maximum atomic E-state index is 10.9. The van der Waals surface area contributed by atoms with Crippen LogP contribution in [0.15, 0.2) is 42.7 Å². The molecule has 3 N–H and O–H groups in total. The Morgan fingerprint density at radius 1 is 1.29 bits per heavy atom. The number of rotatable bonds is 5. The SMILES string of the molecule is NC(=O)c1ccn(CCNc2ncc3ccccc3n2)n1. The fourth-order valence-electron chi connectivity index (χ4n) is 1.96. The van der Waals surface area contributed by atoms with Crippen LogP contribution in [0.5, 0.6) is 0 Å². The number of anilines is 1. The van der Waals surface area contributed by atoms with Crippen molar-refractivity contribution >= 4 is 22.8 Å². The normalized spacial score (nSPS) is 10.7. The number of para-hydroxylation sites is 1. The van der Waals surface area contributed by atoms with Gasteiger partial charge in [0.2, 0.25) is 5.95 Å². The number of benzene rings is 1. The summed E-state index contributed by atoms with van der Waals surface area (Å²) < 4.78 is 1.65. The molecule has 3 aromatic rings. The van der Waals surface area contributed by atoms with E-state index in [4.69, 9.17) is 5.73 Å². The molecule has 0 radical (unpaired) electrons. The van der Waals surface area contributed by atoms with E-state index in [1.54, 1.807) is 23.1 Å². The molecular formula is C14H14N6O. The van der Waals surface area contributed by atoms with E-state index >= 15 is 0 Å². The third-order valence-electron chi connectivity index (χ3n) is 3.01. The second kappa shape index (κ2) is 5.58. The van der Waals surface area contributed by atoms with Gasteiger partial charge in [-0.3, -0.25) is 9.48 Å². The van der Waals surface area contributed by atoms with E-state index < -0.39 is 5.91 Å². The number of fused-ring (bicyclic) bond motifs is 1. The summed E-state index contributed by atoms with van der Waals surface area (Å²) in [7, 11) is 0. The number of nitrogens with zero attached hydrogens (tertiary/aromatic N) is 4. The molecule has 0 aliphatic rings. The summed E-state index contributed by atoms with van der Waals surface area (Å²) in [6.07, 6.45) is 3.49. The van der Waals surface area contributed by atoms with E-state index in [2.05, 4.69) is 20.4 Å². The Kier molecular flexibility index (Phi) is 3.46. The number of primary amides is 1. The van der Waals surface area contributed by atoms with Gasteiger partial charge < -0.3 is 11.1 Å². The molecule has 2 heterocycles. The lowest BCUT2D eigenvalue weighted by molar-refractivity contribution is 0.0994. The average Bonchev–Trinajstić information content (AvgIpc) is 2.96. The van der Waals surface area contributed by atoms with Gasteiger partial charge in [-0.25, -0.2) is 9.97 Å². The Bertz CT molecular complexity index is 782. The first kappa shape index (κ1) is 13.0. The molecule has 21 heavy (non-hydrogen) atoms. The lowest BCUT2D eigenvalue weighted by atomic mass is 10.2. The second-order valence-electron chi connectivity index (χ2n) is 4.51. The van der Waals surface area contributed by atoms with Crippen molar-refractivity contribution in [2.45, 2.75) is 6.54 Å². The Morgan fingerprint density at radius 2 is 2.14 bits per heavy atom. The van der Waals surface area contributed by atoms with Gasteiger partial charge in [0.05, 0.1) is 12.1 Å². The van der Waals surface area contributed by atoms with Crippen molar-refractivity contribution in [1.82, 2.24) is 19.7 Å². The molecule has 0 saturated carbocycles. The zero-order chi connectivity index (χ0) is 14.7. The number of amides is 1. The van der Waals surface area contributed by atoms with Gasteiger partial charge in [-0.05, 0) is 12.1 Å². The van der Waals surface area contributed by atoms with Gasteiger partial charge in [-0.1, -0.05) is 18.2 Å². The van der Waals surface area contributed by atoms with Gasteiger partial charge in [0.1, 0.15) is 5.69 Å². The van der Waals surface area contributed by atoms with E-state index in [9.17, 15) is 4.79 Å². The minimum Gasteiger partial charge on any atom is -0.364 e. The van der Waals surface area contributed by atoms with Crippen LogP contribution >= 0.6 is 0 Å². The summed E-state index contributed by atoms with van der Waals surface area (Å²) >= 11 is 0. The molecule has 2 aromatic heterocycles. The van der Waals surface area contributed by atoms with Crippen LogP contribution in [0.1, 0.15) is 10.5 Å².